The lowest BCUT2D eigenvalue weighted by Crippen LogP contribution is -2.42. The second kappa shape index (κ2) is 6.41. The van der Waals surface area contributed by atoms with Crippen LogP contribution < -0.4 is 5.73 Å². The monoisotopic (exact) mass is 414 g/mol. The Morgan fingerprint density at radius 3 is 2.54 bits per heavy atom. The van der Waals surface area contributed by atoms with Gasteiger partial charge in [0.2, 0.25) is 5.82 Å². The number of carbonyl (C=O) groups is 1. The Hall–Kier alpha value is -2.20. The van der Waals surface area contributed by atoms with Crippen LogP contribution in [0.1, 0.15) is 66.9 Å². The molecule has 6 nitrogen and oxygen atoms in total. The van der Waals surface area contributed by atoms with Gasteiger partial charge in [0, 0.05) is 11.3 Å². The number of aromatic amines is 1. The van der Waals surface area contributed by atoms with Crippen molar-refractivity contribution in [3.63, 3.8) is 0 Å². The van der Waals surface area contributed by atoms with Gasteiger partial charge < -0.3 is 15.5 Å². The summed E-state index contributed by atoms with van der Waals surface area (Å²) in [6.07, 6.45) is -3.03. The number of amides is 1. The first-order valence-electron chi connectivity index (χ1n) is 8.55. The van der Waals surface area contributed by atoms with Crippen LogP contribution in [0.25, 0.3) is 0 Å². The van der Waals surface area contributed by atoms with Gasteiger partial charge in [-0.25, -0.2) is 9.98 Å². The van der Waals surface area contributed by atoms with Gasteiger partial charge in [-0.3, -0.25) is 4.79 Å². The number of nitrogens with two attached hydrogens (primary N) is 1. The molecule has 0 fully saturated rings. The number of ether oxygens (including phenoxy) is 1. The molecule has 1 aliphatic heterocycles. The molecule has 152 valence electrons. The van der Waals surface area contributed by atoms with Crippen molar-refractivity contribution in [2.75, 3.05) is 0 Å². The van der Waals surface area contributed by atoms with Gasteiger partial charge in [-0.05, 0) is 40.2 Å². The molecule has 0 saturated carbocycles. The molecule has 0 unspecified atom stereocenters. The second-order valence-corrected chi connectivity index (χ2v) is 8.84. The molecular weight excluding hydrogens is 393 g/mol. The Balaban J connectivity index is 2.11. The van der Waals surface area contributed by atoms with Gasteiger partial charge in [0.25, 0.3) is 5.91 Å². The smallest absolute Gasteiger partial charge is 0.365 e. The maximum atomic E-state index is 12.8. The van der Waals surface area contributed by atoms with Gasteiger partial charge >= 0.3 is 6.18 Å². The molecule has 2 aromatic rings. The summed E-state index contributed by atoms with van der Waals surface area (Å²) < 4.78 is 44.4. The lowest BCUT2D eigenvalue weighted by atomic mass is 9.86. The maximum Gasteiger partial charge on any atom is 0.449 e. The molecule has 10 heteroatoms. The van der Waals surface area contributed by atoms with E-state index in [1.165, 1.54) is 11.3 Å². The molecule has 2 aromatic heterocycles. The quantitative estimate of drug-likeness (QED) is 0.733. The van der Waals surface area contributed by atoms with Gasteiger partial charge in [-0.15, -0.1) is 11.3 Å². The minimum atomic E-state index is -4.58. The summed E-state index contributed by atoms with van der Waals surface area (Å²) in [5.41, 5.74) is 5.94. The fourth-order valence-electron chi connectivity index (χ4n) is 3.50. The number of aliphatic imine (C=N–C) groups is 1. The average Bonchev–Trinajstić information content (AvgIpc) is 3.09. The van der Waals surface area contributed by atoms with Gasteiger partial charge in [-0.1, -0.05) is 0 Å². The zero-order valence-electron chi connectivity index (χ0n) is 16.1. The minimum Gasteiger partial charge on any atom is -0.365 e. The number of hydrogen-bond acceptors (Lipinski definition) is 5. The van der Waals surface area contributed by atoms with Crippen LogP contribution in [0, 0.1) is 0 Å². The van der Waals surface area contributed by atoms with Gasteiger partial charge in [0.15, 0.2) is 0 Å². The third-order valence-electron chi connectivity index (χ3n) is 4.42. The SMILES string of the molecule is CC(=Nc1sc2c(c1C(N)=O)CC(C)(C)OC2(C)C)c1cnc(C(F)(F)F)[nH]1. The van der Waals surface area contributed by atoms with Crippen molar-refractivity contribution in [3.05, 3.63) is 33.7 Å². The van der Waals surface area contributed by atoms with Crippen molar-refractivity contribution in [3.8, 4) is 0 Å². The molecule has 3 N–H and O–H groups in total. The predicted octanol–water partition coefficient (Wildman–Crippen LogP) is 4.32. The van der Waals surface area contributed by atoms with E-state index < -0.39 is 29.1 Å². The number of carbonyl (C=O) groups excluding carboxylic acids is 1. The van der Waals surface area contributed by atoms with E-state index in [2.05, 4.69) is 15.0 Å². The Morgan fingerprint density at radius 1 is 1.36 bits per heavy atom. The van der Waals surface area contributed by atoms with E-state index in [-0.39, 0.29) is 11.4 Å². The van der Waals surface area contributed by atoms with Gasteiger partial charge in [0.05, 0.1) is 34.4 Å². The summed E-state index contributed by atoms with van der Waals surface area (Å²) in [5, 5.41) is 0.354. The molecule has 0 saturated heterocycles. The number of nitrogens with one attached hydrogen (secondary N) is 1. The van der Waals surface area contributed by atoms with E-state index in [4.69, 9.17) is 10.5 Å². The first kappa shape index (κ1) is 20.5. The Kier molecular flexibility index (Phi) is 4.70. The number of aromatic nitrogens is 2. The number of rotatable bonds is 3. The standard InChI is InChI=1S/C18H21F3N4O2S/c1-8(10-7-23-15(25-10)18(19,20)21)24-14-11(13(22)26)9-6-16(2,3)27-17(4,5)12(9)28-14/h7H,6H2,1-5H3,(H2,22,26)(H,23,25). The summed E-state index contributed by atoms with van der Waals surface area (Å²) in [6.45, 7) is 9.20. The largest absolute Gasteiger partial charge is 0.449 e. The Morgan fingerprint density at radius 2 is 2.00 bits per heavy atom. The number of thiophene rings is 1. The third-order valence-corrected chi connectivity index (χ3v) is 5.85. The van der Waals surface area contributed by atoms with Crippen LogP contribution >= 0.6 is 11.3 Å². The number of halogens is 3. The molecule has 3 rings (SSSR count). The lowest BCUT2D eigenvalue weighted by molar-refractivity contribution is -0.144. The molecule has 1 amide bonds. The van der Waals surface area contributed by atoms with E-state index in [1.807, 2.05) is 27.7 Å². The number of imidazole rings is 1. The van der Waals surface area contributed by atoms with E-state index in [0.717, 1.165) is 16.6 Å². The average molecular weight is 414 g/mol. The fourth-order valence-corrected chi connectivity index (χ4v) is 4.79. The minimum absolute atomic E-state index is 0.116. The highest BCUT2D eigenvalue weighted by molar-refractivity contribution is 7.16. The van der Waals surface area contributed by atoms with Crippen molar-refractivity contribution in [1.82, 2.24) is 9.97 Å². The van der Waals surface area contributed by atoms with Crippen molar-refractivity contribution >= 4 is 28.0 Å². The zero-order valence-corrected chi connectivity index (χ0v) is 16.9. The molecule has 0 spiro atoms. The topological polar surface area (TPSA) is 93.4 Å². The number of hydrogen-bond donors (Lipinski definition) is 2. The number of alkyl halides is 3. The molecule has 0 atom stereocenters. The second-order valence-electron chi connectivity index (χ2n) is 7.84. The molecule has 0 aliphatic carbocycles. The molecule has 0 aromatic carbocycles. The van der Waals surface area contributed by atoms with Crippen LogP contribution in [0.5, 0.6) is 0 Å². The van der Waals surface area contributed by atoms with Crippen molar-refractivity contribution in [2.45, 2.75) is 58.4 Å². The third kappa shape index (κ3) is 3.70. The van der Waals surface area contributed by atoms with Crippen LogP contribution in [0.3, 0.4) is 0 Å². The summed E-state index contributed by atoms with van der Waals surface area (Å²) >= 11 is 1.26. The highest BCUT2D eigenvalue weighted by atomic mass is 32.1. The fraction of sp³-hybridized carbons (Fsp3) is 0.500. The van der Waals surface area contributed by atoms with Gasteiger partial charge in [0.1, 0.15) is 5.00 Å². The van der Waals surface area contributed by atoms with Crippen molar-refractivity contribution in [2.24, 2.45) is 10.7 Å². The zero-order chi connectivity index (χ0) is 21.1. The lowest BCUT2D eigenvalue weighted by Gasteiger charge is -2.41. The highest BCUT2D eigenvalue weighted by Gasteiger charge is 2.42. The first-order valence-corrected chi connectivity index (χ1v) is 9.37. The Labute approximate surface area is 164 Å². The van der Waals surface area contributed by atoms with E-state index in [9.17, 15) is 18.0 Å². The molecule has 0 radical (unpaired) electrons. The summed E-state index contributed by atoms with van der Waals surface area (Å²) in [5.74, 6) is -1.73. The normalized spacial score (nSPS) is 18.8. The van der Waals surface area contributed by atoms with Crippen LogP contribution in [0.2, 0.25) is 0 Å². The van der Waals surface area contributed by atoms with Crippen molar-refractivity contribution in [1.29, 1.82) is 0 Å². The molecule has 28 heavy (non-hydrogen) atoms. The van der Waals surface area contributed by atoms with Crippen LogP contribution in [0.15, 0.2) is 11.2 Å². The van der Waals surface area contributed by atoms with E-state index >= 15 is 0 Å². The molecular formula is C18H21F3N4O2S. The number of primary amides is 1. The van der Waals surface area contributed by atoms with Crippen LogP contribution in [-0.2, 0) is 22.9 Å². The number of nitrogens with zero attached hydrogens (tertiary/aromatic N) is 2. The highest BCUT2D eigenvalue weighted by Crippen LogP contribution is 2.49. The summed E-state index contributed by atoms with van der Waals surface area (Å²) in [6, 6.07) is 0. The van der Waals surface area contributed by atoms with Gasteiger partial charge in [-0.2, -0.15) is 13.2 Å². The van der Waals surface area contributed by atoms with E-state index in [0.29, 0.717) is 17.0 Å². The first-order chi connectivity index (χ1) is 12.7. The predicted molar refractivity (Wildman–Crippen MR) is 100 cm³/mol. The van der Waals surface area contributed by atoms with Crippen LogP contribution in [-0.4, -0.2) is 27.2 Å². The molecule has 3 heterocycles. The van der Waals surface area contributed by atoms with E-state index in [1.54, 1.807) is 6.92 Å². The summed E-state index contributed by atoms with van der Waals surface area (Å²) in [4.78, 5) is 23.0. The summed E-state index contributed by atoms with van der Waals surface area (Å²) in [7, 11) is 0. The molecule has 0 bridgehead atoms. The Bertz CT molecular complexity index is 970. The number of H-pyrrole nitrogens is 1. The van der Waals surface area contributed by atoms with Crippen molar-refractivity contribution < 1.29 is 22.7 Å². The maximum absolute atomic E-state index is 12.8. The van der Waals surface area contributed by atoms with Crippen LogP contribution in [0.4, 0.5) is 18.2 Å². The molecule has 1 aliphatic rings. The number of fused-ring (bicyclic) bond motifs is 1.